The van der Waals surface area contributed by atoms with Gasteiger partial charge in [0.15, 0.2) is 0 Å². The van der Waals surface area contributed by atoms with Gasteiger partial charge in [0.25, 0.3) is 0 Å². The van der Waals surface area contributed by atoms with Gasteiger partial charge >= 0.3 is 0 Å². The van der Waals surface area contributed by atoms with Crippen LogP contribution in [0.3, 0.4) is 0 Å². The van der Waals surface area contributed by atoms with E-state index in [0.29, 0.717) is 5.88 Å². The van der Waals surface area contributed by atoms with Crippen LogP contribution in [-0.2, 0) is 12.9 Å². The number of hydrogen-bond acceptors (Lipinski definition) is 1. The van der Waals surface area contributed by atoms with Crippen molar-refractivity contribution >= 4 is 34.2 Å². The highest BCUT2D eigenvalue weighted by Crippen LogP contribution is 2.11. The zero-order valence-corrected chi connectivity index (χ0v) is 7.85. The van der Waals surface area contributed by atoms with E-state index in [9.17, 15) is 0 Å². The van der Waals surface area contributed by atoms with E-state index in [1.165, 1.54) is 0 Å². The summed E-state index contributed by atoms with van der Waals surface area (Å²) in [5, 5.41) is 4.01. The smallest absolute Gasteiger partial charge is 0.0661 e. The van der Waals surface area contributed by atoms with Crippen LogP contribution in [0.5, 0.6) is 0 Å². The van der Waals surface area contributed by atoms with E-state index in [1.807, 2.05) is 7.05 Å². The number of rotatable bonds is 1. The van der Waals surface area contributed by atoms with Crippen molar-refractivity contribution in [1.82, 2.24) is 9.78 Å². The summed E-state index contributed by atoms with van der Waals surface area (Å²) in [6, 6.07) is 0. The lowest BCUT2D eigenvalue weighted by molar-refractivity contribution is 0.734. The topological polar surface area (TPSA) is 17.8 Å². The molecule has 0 atom stereocenters. The predicted molar refractivity (Wildman–Crippen MR) is 45.5 cm³/mol. The molecule has 50 valence electrons. The van der Waals surface area contributed by atoms with Crippen LogP contribution in [0.1, 0.15) is 5.69 Å². The molecule has 0 N–H and O–H groups in total. The second-order valence-corrected chi connectivity index (χ2v) is 3.13. The lowest BCUT2D eigenvalue weighted by atomic mass is 10.5. The van der Waals surface area contributed by atoms with Crippen molar-refractivity contribution in [1.29, 1.82) is 0 Å². The fraction of sp³-hybridized carbons (Fsp3) is 0.400. The minimum Gasteiger partial charge on any atom is -0.270 e. The third-order valence-electron chi connectivity index (χ3n) is 1.14. The predicted octanol–water partition coefficient (Wildman–Crippen LogP) is 1.76. The molecule has 0 saturated carbocycles. The molecule has 2 nitrogen and oxygen atoms in total. The summed E-state index contributed by atoms with van der Waals surface area (Å²) in [6.45, 7) is 0. The van der Waals surface area contributed by atoms with Crippen molar-refractivity contribution < 1.29 is 0 Å². The molecule has 0 spiro atoms. The minimum absolute atomic E-state index is 0.536. The van der Waals surface area contributed by atoms with E-state index >= 15 is 0 Å². The summed E-state index contributed by atoms with van der Waals surface area (Å²) in [6.07, 6.45) is 1.80. The summed E-state index contributed by atoms with van der Waals surface area (Å²) >= 11 is 7.83. The fourth-order valence-electron chi connectivity index (χ4n) is 0.586. The van der Waals surface area contributed by atoms with Gasteiger partial charge in [-0.25, -0.2) is 0 Å². The first-order valence-corrected chi connectivity index (χ1v) is 4.09. The first-order valence-electron chi connectivity index (χ1n) is 2.48. The van der Waals surface area contributed by atoms with Crippen molar-refractivity contribution in [2.45, 2.75) is 5.88 Å². The van der Waals surface area contributed by atoms with Crippen LogP contribution < -0.4 is 0 Å². The zero-order chi connectivity index (χ0) is 6.85. The quantitative estimate of drug-likeness (QED) is 0.553. The van der Waals surface area contributed by atoms with Crippen LogP contribution in [0.2, 0.25) is 0 Å². The SMILES string of the molecule is Cn1ncc(I)c1CCl. The molecule has 0 bridgehead atoms. The van der Waals surface area contributed by atoms with Gasteiger partial charge in [0.1, 0.15) is 0 Å². The fourth-order valence-corrected chi connectivity index (χ4v) is 1.79. The average molecular weight is 256 g/mol. The molecule has 0 saturated heterocycles. The van der Waals surface area contributed by atoms with Gasteiger partial charge in [0.05, 0.1) is 21.3 Å². The Morgan fingerprint density at radius 1 is 1.89 bits per heavy atom. The summed E-state index contributed by atoms with van der Waals surface area (Å²) in [7, 11) is 1.89. The highest BCUT2D eigenvalue weighted by molar-refractivity contribution is 14.1. The Balaban J connectivity index is 3.07. The van der Waals surface area contributed by atoms with E-state index < -0.39 is 0 Å². The first kappa shape index (κ1) is 7.34. The summed E-state index contributed by atoms with van der Waals surface area (Å²) in [5.41, 5.74) is 1.08. The molecule has 0 aliphatic carbocycles. The van der Waals surface area contributed by atoms with Gasteiger partial charge in [-0.3, -0.25) is 4.68 Å². The largest absolute Gasteiger partial charge is 0.270 e. The number of hydrogen-bond donors (Lipinski definition) is 0. The Bertz CT molecular complexity index is 189. The standard InChI is InChI=1S/C5H6ClIN2/c1-9-5(2-6)4(7)3-8-9/h3H,2H2,1H3. The Labute approximate surface area is 72.3 Å². The number of nitrogens with zero attached hydrogens (tertiary/aromatic N) is 2. The van der Waals surface area contributed by atoms with Crippen LogP contribution >= 0.6 is 34.2 Å². The van der Waals surface area contributed by atoms with Crippen molar-refractivity contribution in [2.75, 3.05) is 0 Å². The molecule has 0 aliphatic heterocycles. The first-order chi connectivity index (χ1) is 4.25. The van der Waals surface area contributed by atoms with E-state index in [0.717, 1.165) is 9.26 Å². The molecule has 1 aromatic rings. The third kappa shape index (κ3) is 1.38. The van der Waals surface area contributed by atoms with Gasteiger partial charge in [0, 0.05) is 7.05 Å². The monoisotopic (exact) mass is 256 g/mol. The Morgan fingerprint density at radius 3 is 2.78 bits per heavy atom. The summed E-state index contributed by atoms with van der Waals surface area (Å²) in [5.74, 6) is 0.536. The van der Waals surface area contributed by atoms with Crippen molar-refractivity contribution in [3.63, 3.8) is 0 Å². The van der Waals surface area contributed by atoms with Gasteiger partial charge in [-0.05, 0) is 22.6 Å². The number of alkyl halides is 1. The van der Waals surface area contributed by atoms with Crippen LogP contribution in [0, 0.1) is 3.57 Å². The van der Waals surface area contributed by atoms with Crippen molar-refractivity contribution in [3.05, 3.63) is 15.5 Å². The van der Waals surface area contributed by atoms with E-state index in [2.05, 4.69) is 27.7 Å². The summed E-state index contributed by atoms with van der Waals surface area (Å²) < 4.78 is 2.92. The second kappa shape index (κ2) is 2.88. The molecule has 0 aliphatic rings. The number of aromatic nitrogens is 2. The van der Waals surface area contributed by atoms with E-state index in [1.54, 1.807) is 10.9 Å². The molecule has 1 aromatic heterocycles. The molecule has 0 unspecified atom stereocenters. The van der Waals surface area contributed by atoms with E-state index in [-0.39, 0.29) is 0 Å². The maximum Gasteiger partial charge on any atom is 0.0661 e. The molecular formula is C5H6ClIN2. The highest BCUT2D eigenvalue weighted by Gasteiger charge is 2.01. The van der Waals surface area contributed by atoms with Gasteiger partial charge in [-0.1, -0.05) is 0 Å². The van der Waals surface area contributed by atoms with Crippen molar-refractivity contribution in [3.8, 4) is 0 Å². The number of aryl methyl sites for hydroxylation is 1. The maximum atomic E-state index is 5.61. The molecule has 0 fully saturated rings. The highest BCUT2D eigenvalue weighted by atomic mass is 127. The Morgan fingerprint density at radius 2 is 2.56 bits per heavy atom. The van der Waals surface area contributed by atoms with Gasteiger partial charge < -0.3 is 0 Å². The Hall–Kier alpha value is 0.230. The van der Waals surface area contributed by atoms with Gasteiger partial charge in [0.2, 0.25) is 0 Å². The molecule has 9 heavy (non-hydrogen) atoms. The maximum absolute atomic E-state index is 5.61. The molecular weight excluding hydrogens is 250 g/mol. The van der Waals surface area contributed by atoms with Crippen LogP contribution in [0.4, 0.5) is 0 Å². The lowest BCUT2D eigenvalue weighted by Crippen LogP contribution is -1.95. The van der Waals surface area contributed by atoms with Crippen molar-refractivity contribution in [2.24, 2.45) is 7.05 Å². The normalized spacial score (nSPS) is 10.1. The average Bonchev–Trinajstić information content (AvgIpc) is 2.12. The minimum atomic E-state index is 0.536. The molecule has 1 rings (SSSR count). The molecule has 1 heterocycles. The van der Waals surface area contributed by atoms with Gasteiger partial charge in [-0.15, -0.1) is 11.6 Å². The Kier molecular flexibility index (Phi) is 2.35. The molecule has 0 amide bonds. The van der Waals surface area contributed by atoms with Crippen LogP contribution in [0.15, 0.2) is 6.20 Å². The molecule has 4 heteroatoms. The molecule has 0 radical (unpaired) electrons. The lowest BCUT2D eigenvalue weighted by Gasteiger charge is -1.94. The zero-order valence-electron chi connectivity index (χ0n) is 4.93. The van der Waals surface area contributed by atoms with Crippen LogP contribution in [0.25, 0.3) is 0 Å². The summed E-state index contributed by atoms with van der Waals surface area (Å²) in [4.78, 5) is 0. The number of halogens is 2. The van der Waals surface area contributed by atoms with E-state index in [4.69, 9.17) is 11.6 Å². The van der Waals surface area contributed by atoms with Gasteiger partial charge in [-0.2, -0.15) is 5.10 Å². The second-order valence-electron chi connectivity index (χ2n) is 1.70. The molecule has 0 aromatic carbocycles. The third-order valence-corrected chi connectivity index (χ3v) is 2.29. The van der Waals surface area contributed by atoms with Crippen LogP contribution in [-0.4, -0.2) is 9.78 Å².